The van der Waals surface area contributed by atoms with Crippen LogP contribution in [-0.4, -0.2) is 43.9 Å². The lowest BCUT2D eigenvalue weighted by Gasteiger charge is -2.12. The van der Waals surface area contributed by atoms with Gasteiger partial charge < -0.3 is 14.8 Å². The number of hydrogen-bond donors (Lipinski definition) is 1. The van der Waals surface area contributed by atoms with Gasteiger partial charge in [0.05, 0.1) is 5.69 Å². The van der Waals surface area contributed by atoms with Crippen molar-refractivity contribution in [2.24, 2.45) is 0 Å². The Morgan fingerprint density at radius 1 is 0.750 bits per heavy atom. The van der Waals surface area contributed by atoms with E-state index >= 15 is 0 Å². The van der Waals surface area contributed by atoms with E-state index in [0.29, 0.717) is 30.0 Å². The lowest BCUT2D eigenvalue weighted by atomic mass is 10.0. The highest BCUT2D eigenvalue weighted by Gasteiger charge is 2.16. The van der Waals surface area contributed by atoms with Gasteiger partial charge in [-0.15, -0.1) is 0 Å². The Morgan fingerprint density at radius 3 is 1.81 bits per heavy atom. The summed E-state index contributed by atoms with van der Waals surface area (Å²) in [7, 11) is 0. The molecule has 0 aromatic heterocycles. The van der Waals surface area contributed by atoms with Crippen molar-refractivity contribution in [2.75, 3.05) is 31.7 Å². The third kappa shape index (κ3) is 12.1. The molecular weight excluding hydrogens is 406 g/mol. The minimum Gasteiger partial charge on any atom is -0.373 e. The summed E-state index contributed by atoms with van der Waals surface area (Å²) in [6.07, 6.45) is 11.3. The van der Waals surface area contributed by atoms with E-state index in [1.54, 1.807) is 18.2 Å². The van der Waals surface area contributed by atoms with Crippen LogP contribution in [0.3, 0.4) is 0 Å². The Kier molecular flexibility index (Phi) is 15.3. The van der Waals surface area contributed by atoms with Crippen LogP contribution in [-0.2, 0) is 14.3 Å². The van der Waals surface area contributed by atoms with Crippen molar-refractivity contribution < 1.29 is 23.9 Å². The van der Waals surface area contributed by atoms with Gasteiger partial charge in [0.2, 0.25) is 5.91 Å². The van der Waals surface area contributed by atoms with E-state index in [9.17, 15) is 14.4 Å². The zero-order valence-corrected chi connectivity index (χ0v) is 20.2. The number of benzene rings is 1. The zero-order chi connectivity index (χ0) is 23.6. The SMILES string of the molecule is CCCCCCCOCC(=O)c1ccc(C(=O)COCCCCCCC)c(NC(C)=O)c1. The summed E-state index contributed by atoms with van der Waals surface area (Å²) in [5, 5.41) is 2.66. The number of ketones is 2. The number of ether oxygens (including phenoxy) is 2. The van der Waals surface area contributed by atoms with E-state index in [4.69, 9.17) is 9.47 Å². The fourth-order valence-corrected chi connectivity index (χ4v) is 3.36. The van der Waals surface area contributed by atoms with Crippen LogP contribution in [0.2, 0.25) is 0 Å². The molecule has 0 bridgehead atoms. The van der Waals surface area contributed by atoms with E-state index < -0.39 is 0 Å². The molecule has 0 saturated heterocycles. The van der Waals surface area contributed by atoms with Gasteiger partial charge >= 0.3 is 0 Å². The van der Waals surface area contributed by atoms with Crippen LogP contribution in [0.4, 0.5) is 5.69 Å². The summed E-state index contributed by atoms with van der Waals surface area (Å²) in [4.78, 5) is 36.7. The van der Waals surface area contributed by atoms with Gasteiger partial charge in [-0.25, -0.2) is 0 Å². The van der Waals surface area contributed by atoms with Crippen molar-refractivity contribution in [3.63, 3.8) is 0 Å². The molecule has 0 saturated carbocycles. The Balaban J connectivity index is 2.57. The molecule has 6 nitrogen and oxygen atoms in total. The van der Waals surface area contributed by atoms with Crippen molar-refractivity contribution in [1.29, 1.82) is 0 Å². The van der Waals surface area contributed by atoms with Crippen molar-refractivity contribution in [3.05, 3.63) is 29.3 Å². The summed E-state index contributed by atoms with van der Waals surface area (Å²) in [6.45, 7) is 6.75. The highest BCUT2D eigenvalue weighted by atomic mass is 16.5. The topological polar surface area (TPSA) is 81.7 Å². The van der Waals surface area contributed by atoms with Gasteiger partial charge in [0.15, 0.2) is 11.6 Å². The van der Waals surface area contributed by atoms with E-state index in [2.05, 4.69) is 19.2 Å². The second kappa shape index (κ2) is 17.5. The largest absolute Gasteiger partial charge is 0.373 e. The number of carbonyl (C=O) groups excluding carboxylic acids is 3. The number of amides is 1. The third-order valence-corrected chi connectivity index (χ3v) is 5.20. The maximum Gasteiger partial charge on any atom is 0.221 e. The molecule has 6 heteroatoms. The predicted molar refractivity (Wildman–Crippen MR) is 129 cm³/mol. The van der Waals surface area contributed by atoms with Crippen LogP contribution in [0.5, 0.6) is 0 Å². The quantitative estimate of drug-likeness (QED) is 0.208. The second-order valence-corrected chi connectivity index (χ2v) is 8.22. The van der Waals surface area contributed by atoms with Crippen LogP contribution in [0, 0.1) is 0 Å². The maximum absolute atomic E-state index is 12.6. The Bertz CT molecular complexity index is 701. The van der Waals surface area contributed by atoms with Gasteiger partial charge in [-0.2, -0.15) is 0 Å². The van der Waals surface area contributed by atoms with Gasteiger partial charge in [0, 0.05) is 31.3 Å². The first-order valence-corrected chi connectivity index (χ1v) is 12.1. The molecule has 1 aromatic carbocycles. The predicted octanol–water partition coefficient (Wildman–Crippen LogP) is 5.98. The molecule has 1 aromatic rings. The third-order valence-electron chi connectivity index (χ3n) is 5.20. The van der Waals surface area contributed by atoms with Crippen molar-refractivity contribution in [1.82, 2.24) is 0 Å². The highest BCUT2D eigenvalue weighted by molar-refractivity contribution is 6.07. The smallest absolute Gasteiger partial charge is 0.221 e. The molecule has 0 fully saturated rings. The van der Waals surface area contributed by atoms with Gasteiger partial charge in [-0.3, -0.25) is 14.4 Å². The molecular formula is C26H41NO5. The minimum absolute atomic E-state index is 0.0122. The van der Waals surface area contributed by atoms with E-state index in [-0.39, 0.29) is 30.7 Å². The molecule has 0 aliphatic carbocycles. The molecule has 180 valence electrons. The summed E-state index contributed by atoms with van der Waals surface area (Å²) in [5.41, 5.74) is 1.09. The van der Waals surface area contributed by atoms with E-state index in [1.165, 1.54) is 45.4 Å². The zero-order valence-electron chi connectivity index (χ0n) is 20.2. The monoisotopic (exact) mass is 447 g/mol. The molecule has 1 amide bonds. The molecule has 0 aliphatic heterocycles. The number of hydrogen-bond acceptors (Lipinski definition) is 5. The van der Waals surface area contributed by atoms with Crippen molar-refractivity contribution in [2.45, 2.75) is 85.0 Å². The Hall–Kier alpha value is -2.05. The summed E-state index contributed by atoms with van der Waals surface area (Å²) in [5.74, 6) is -0.694. The number of unbranched alkanes of at least 4 members (excludes halogenated alkanes) is 8. The average Bonchev–Trinajstić information content (AvgIpc) is 2.77. The fourth-order valence-electron chi connectivity index (χ4n) is 3.36. The van der Waals surface area contributed by atoms with Crippen LogP contribution >= 0.6 is 0 Å². The lowest BCUT2D eigenvalue weighted by Crippen LogP contribution is -2.17. The number of nitrogens with one attached hydrogen (secondary N) is 1. The highest BCUT2D eigenvalue weighted by Crippen LogP contribution is 2.20. The first-order valence-electron chi connectivity index (χ1n) is 12.1. The summed E-state index contributed by atoms with van der Waals surface area (Å²) < 4.78 is 11.0. The molecule has 0 radical (unpaired) electrons. The molecule has 0 unspecified atom stereocenters. The van der Waals surface area contributed by atoms with Crippen LogP contribution in [0.25, 0.3) is 0 Å². The van der Waals surface area contributed by atoms with Crippen molar-refractivity contribution in [3.8, 4) is 0 Å². The fraction of sp³-hybridized carbons (Fsp3) is 0.654. The van der Waals surface area contributed by atoms with Gasteiger partial charge in [0.25, 0.3) is 0 Å². The maximum atomic E-state index is 12.6. The Labute approximate surface area is 193 Å². The number of Topliss-reactive ketones (excluding diaryl/α,β-unsaturated/α-hetero) is 2. The molecule has 0 spiro atoms. The molecule has 32 heavy (non-hydrogen) atoms. The normalized spacial score (nSPS) is 10.8. The van der Waals surface area contributed by atoms with Gasteiger partial charge in [0.1, 0.15) is 13.2 Å². The van der Waals surface area contributed by atoms with Crippen molar-refractivity contribution >= 4 is 23.2 Å². The van der Waals surface area contributed by atoms with Crippen LogP contribution in [0.15, 0.2) is 18.2 Å². The van der Waals surface area contributed by atoms with Gasteiger partial charge in [-0.05, 0) is 25.0 Å². The van der Waals surface area contributed by atoms with E-state index in [0.717, 1.165) is 25.7 Å². The Morgan fingerprint density at radius 2 is 1.28 bits per heavy atom. The first-order chi connectivity index (χ1) is 15.5. The number of anilines is 1. The first kappa shape index (κ1) is 28.0. The standard InChI is InChI=1S/C26H41NO5/c1-4-6-8-10-12-16-31-19-25(29)22-14-15-23(24(18-22)27-21(3)28)26(30)20-32-17-13-11-9-7-5-2/h14-15,18H,4-13,16-17,19-20H2,1-3H3,(H,27,28). The number of carbonyl (C=O) groups is 3. The lowest BCUT2D eigenvalue weighted by molar-refractivity contribution is -0.114. The van der Waals surface area contributed by atoms with Gasteiger partial charge in [-0.1, -0.05) is 71.3 Å². The van der Waals surface area contributed by atoms with E-state index in [1.807, 2.05) is 0 Å². The minimum atomic E-state index is -0.302. The molecule has 1 rings (SSSR count). The van der Waals surface area contributed by atoms with Crippen LogP contribution in [0.1, 0.15) is 106 Å². The molecule has 0 heterocycles. The summed E-state index contributed by atoms with van der Waals surface area (Å²) in [6, 6.07) is 4.73. The summed E-state index contributed by atoms with van der Waals surface area (Å²) >= 11 is 0. The number of rotatable bonds is 19. The molecule has 1 N–H and O–H groups in total. The molecule has 0 atom stereocenters. The molecule has 0 aliphatic rings. The average molecular weight is 448 g/mol. The second-order valence-electron chi connectivity index (χ2n) is 8.22. The van der Waals surface area contributed by atoms with Crippen LogP contribution < -0.4 is 5.32 Å².